The van der Waals surface area contributed by atoms with E-state index in [1.807, 2.05) is 0 Å². The van der Waals surface area contributed by atoms with Crippen LogP contribution < -0.4 is 0 Å². The quantitative estimate of drug-likeness (QED) is 0.390. The first-order valence-corrected chi connectivity index (χ1v) is 9.16. The summed E-state index contributed by atoms with van der Waals surface area (Å²) in [6.07, 6.45) is 8.91. The van der Waals surface area contributed by atoms with Crippen LogP contribution in [0.4, 0.5) is 0 Å². The van der Waals surface area contributed by atoms with Gasteiger partial charge in [0.1, 0.15) is 0 Å². The number of rotatable bonds is 9. The molecule has 0 amide bonds. The van der Waals surface area contributed by atoms with Gasteiger partial charge >= 0.3 is 0 Å². The van der Waals surface area contributed by atoms with E-state index < -0.39 is 0 Å². The van der Waals surface area contributed by atoms with E-state index in [9.17, 15) is 0 Å². The van der Waals surface area contributed by atoms with E-state index in [0.29, 0.717) is 0 Å². The van der Waals surface area contributed by atoms with Gasteiger partial charge in [-0.05, 0) is 35.5 Å². The highest BCUT2D eigenvalue weighted by atomic mass is 31.0. The van der Waals surface area contributed by atoms with Crippen molar-refractivity contribution >= 4 is 9.24 Å². The van der Waals surface area contributed by atoms with Gasteiger partial charge in [-0.25, -0.2) is 0 Å². The number of hydrogen-bond donors (Lipinski definition) is 0. The molecule has 0 aliphatic rings. The summed E-state index contributed by atoms with van der Waals surface area (Å²) in [6.45, 7) is 2.28. The Labute approximate surface area is 138 Å². The van der Waals surface area contributed by atoms with Crippen LogP contribution in [0.5, 0.6) is 0 Å². The molecule has 0 saturated heterocycles. The third kappa shape index (κ3) is 5.93. The average molecular weight is 312 g/mol. The van der Waals surface area contributed by atoms with Crippen molar-refractivity contribution in [3.05, 3.63) is 71.8 Å². The van der Waals surface area contributed by atoms with E-state index in [1.54, 1.807) is 0 Å². The zero-order chi connectivity index (χ0) is 15.7. The normalized spacial score (nSPS) is 11.5. The van der Waals surface area contributed by atoms with Crippen LogP contribution in [0.25, 0.3) is 0 Å². The Kier molecular flexibility index (Phi) is 7.13. The van der Waals surface area contributed by atoms with Gasteiger partial charge in [-0.2, -0.15) is 0 Å². The Hall–Kier alpha value is -1.13. The van der Waals surface area contributed by atoms with Crippen LogP contribution in [0, 0.1) is 0 Å². The molecule has 0 bridgehead atoms. The van der Waals surface area contributed by atoms with E-state index in [0.717, 1.165) is 12.8 Å². The van der Waals surface area contributed by atoms with Gasteiger partial charge in [0, 0.05) is 0 Å². The third-order valence-electron chi connectivity index (χ3n) is 4.33. The molecule has 0 fully saturated rings. The lowest BCUT2D eigenvalue weighted by Gasteiger charge is -2.30. The Morgan fingerprint density at radius 2 is 1.23 bits per heavy atom. The molecule has 2 aromatic carbocycles. The Balaban J connectivity index is 2.05. The molecule has 0 spiro atoms. The summed E-state index contributed by atoms with van der Waals surface area (Å²) in [6, 6.07) is 21.9. The van der Waals surface area contributed by atoms with Crippen LogP contribution in [0.1, 0.15) is 50.2 Å². The highest BCUT2D eigenvalue weighted by Gasteiger charge is 2.25. The lowest BCUT2D eigenvalue weighted by atomic mass is 9.87. The molecule has 22 heavy (non-hydrogen) atoms. The molecule has 0 N–H and O–H groups in total. The predicted molar refractivity (Wildman–Crippen MR) is 101 cm³/mol. The molecule has 118 valence electrons. The van der Waals surface area contributed by atoms with Gasteiger partial charge in [0.2, 0.25) is 0 Å². The number of hydrogen-bond acceptors (Lipinski definition) is 0. The van der Waals surface area contributed by atoms with Crippen LogP contribution in [-0.2, 0) is 12.8 Å². The minimum absolute atomic E-state index is 0.274. The monoisotopic (exact) mass is 312 g/mol. The van der Waals surface area contributed by atoms with Gasteiger partial charge in [-0.15, -0.1) is 9.24 Å². The fourth-order valence-corrected chi connectivity index (χ4v) is 3.82. The van der Waals surface area contributed by atoms with Crippen molar-refractivity contribution in [1.29, 1.82) is 0 Å². The highest BCUT2D eigenvalue weighted by Crippen LogP contribution is 2.34. The molecule has 2 rings (SSSR count). The molecule has 1 unspecified atom stereocenters. The molecule has 0 aromatic heterocycles. The molecule has 0 radical (unpaired) electrons. The van der Waals surface area contributed by atoms with E-state index in [-0.39, 0.29) is 5.16 Å². The summed E-state index contributed by atoms with van der Waals surface area (Å²) in [7, 11) is 3.20. The Bertz CT molecular complexity index is 477. The van der Waals surface area contributed by atoms with Crippen LogP contribution >= 0.6 is 9.24 Å². The lowest BCUT2D eigenvalue weighted by Crippen LogP contribution is -2.27. The Morgan fingerprint density at radius 1 is 0.727 bits per heavy atom. The van der Waals surface area contributed by atoms with E-state index in [1.165, 1.54) is 43.2 Å². The predicted octanol–water partition coefficient (Wildman–Crippen LogP) is 6.06. The zero-order valence-corrected chi connectivity index (χ0v) is 15.0. The first-order chi connectivity index (χ1) is 10.7. The highest BCUT2D eigenvalue weighted by molar-refractivity contribution is 7.19. The van der Waals surface area contributed by atoms with Gasteiger partial charge in [0.25, 0.3) is 0 Å². The van der Waals surface area contributed by atoms with Crippen molar-refractivity contribution in [1.82, 2.24) is 0 Å². The summed E-state index contributed by atoms with van der Waals surface area (Å²) < 4.78 is 0. The zero-order valence-electron chi connectivity index (χ0n) is 13.8. The molecule has 0 aliphatic carbocycles. The van der Waals surface area contributed by atoms with Crippen LogP contribution in [0.2, 0.25) is 0 Å². The van der Waals surface area contributed by atoms with Crippen molar-refractivity contribution in [3.8, 4) is 0 Å². The van der Waals surface area contributed by atoms with Gasteiger partial charge < -0.3 is 0 Å². The van der Waals surface area contributed by atoms with Crippen molar-refractivity contribution < 1.29 is 0 Å². The molecule has 1 heteroatoms. The number of benzene rings is 2. The summed E-state index contributed by atoms with van der Waals surface area (Å²) in [5.41, 5.74) is 2.90. The summed E-state index contributed by atoms with van der Waals surface area (Å²) in [5, 5.41) is 0.274. The summed E-state index contributed by atoms with van der Waals surface area (Å²) >= 11 is 0. The number of unbranched alkanes of at least 4 members (excludes halogenated alkanes) is 3. The second-order valence-electron chi connectivity index (χ2n) is 6.50. The standard InChI is InChI=1S/C21H29P/c1-2-3-4-11-16-21(22,17-19-12-7-5-8-13-19)18-20-14-9-6-10-15-20/h5-10,12-15H,2-4,11,16-18,22H2,1H3. The largest absolute Gasteiger partial charge is 0.130 e. The molecule has 0 heterocycles. The van der Waals surface area contributed by atoms with Gasteiger partial charge in [-0.1, -0.05) is 93.3 Å². The molecular weight excluding hydrogens is 283 g/mol. The smallest absolute Gasteiger partial charge is 0.00697 e. The maximum Gasteiger partial charge on any atom is -0.00697 e. The molecule has 0 saturated carbocycles. The van der Waals surface area contributed by atoms with Crippen LogP contribution in [0.15, 0.2) is 60.7 Å². The van der Waals surface area contributed by atoms with E-state index in [4.69, 9.17) is 0 Å². The third-order valence-corrected chi connectivity index (χ3v) is 5.02. The van der Waals surface area contributed by atoms with E-state index >= 15 is 0 Å². The Morgan fingerprint density at radius 3 is 1.68 bits per heavy atom. The second-order valence-corrected chi connectivity index (χ2v) is 7.72. The van der Waals surface area contributed by atoms with Gasteiger partial charge in [0.15, 0.2) is 0 Å². The van der Waals surface area contributed by atoms with Crippen molar-refractivity contribution in [3.63, 3.8) is 0 Å². The van der Waals surface area contributed by atoms with Crippen molar-refractivity contribution in [2.75, 3.05) is 0 Å². The SMILES string of the molecule is CCCCCCC(P)(Cc1ccccc1)Cc1ccccc1. The molecule has 1 atom stereocenters. The maximum absolute atomic E-state index is 3.20. The molecular formula is C21H29P. The second kappa shape index (κ2) is 9.11. The van der Waals surface area contributed by atoms with E-state index in [2.05, 4.69) is 76.8 Å². The van der Waals surface area contributed by atoms with Crippen molar-refractivity contribution in [2.24, 2.45) is 0 Å². The summed E-state index contributed by atoms with van der Waals surface area (Å²) in [5.74, 6) is 0. The lowest BCUT2D eigenvalue weighted by molar-refractivity contribution is 0.491. The van der Waals surface area contributed by atoms with Crippen LogP contribution in [-0.4, -0.2) is 5.16 Å². The maximum atomic E-state index is 3.20. The average Bonchev–Trinajstić information content (AvgIpc) is 2.53. The fourth-order valence-electron chi connectivity index (χ4n) is 3.15. The topological polar surface area (TPSA) is 0 Å². The summed E-state index contributed by atoms with van der Waals surface area (Å²) in [4.78, 5) is 0. The van der Waals surface area contributed by atoms with Crippen molar-refractivity contribution in [2.45, 2.75) is 57.0 Å². The molecule has 0 aliphatic heterocycles. The minimum Gasteiger partial charge on any atom is -0.130 e. The van der Waals surface area contributed by atoms with Gasteiger partial charge in [0.05, 0.1) is 0 Å². The van der Waals surface area contributed by atoms with Gasteiger partial charge in [-0.3, -0.25) is 0 Å². The molecule has 0 nitrogen and oxygen atoms in total. The fraction of sp³-hybridized carbons (Fsp3) is 0.429. The van der Waals surface area contributed by atoms with Crippen LogP contribution in [0.3, 0.4) is 0 Å². The minimum atomic E-state index is 0.274. The first kappa shape index (κ1) is 17.2. The first-order valence-electron chi connectivity index (χ1n) is 8.58. The molecule has 2 aromatic rings.